The minimum Gasteiger partial charge on any atom is -0.369 e. The van der Waals surface area contributed by atoms with Gasteiger partial charge in [0.2, 0.25) is 17.7 Å². The molecule has 2 N–H and O–H groups in total. The zero-order valence-corrected chi connectivity index (χ0v) is 14.4. The summed E-state index contributed by atoms with van der Waals surface area (Å²) in [7, 11) is 0. The third-order valence-corrected chi connectivity index (χ3v) is 5.02. The molecule has 1 aromatic rings. The van der Waals surface area contributed by atoms with Crippen LogP contribution in [0.1, 0.15) is 26.2 Å². The molecule has 0 aliphatic carbocycles. The van der Waals surface area contributed by atoms with Crippen molar-refractivity contribution in [2.75, 3.05) is 22.9 Å². The largest absolute Gasteiger partial charge is 0.369 e. The Bertz CT molecular complexity index is 785. The smallest absolute Gasteiger partial charge is 0.294 e. The molecule has 138 valence electrons. The van der Waals surface area contributed by atoms with Gasteiger partial charge in [0.15, 0.2) is 0 Å². The van der Waals surface area contributed by atoms with Gasteiger partial charge in [0.1, 0.15) is 5.69 Å². The fourth-order valence-corrected chi connectivity index (χ4v) is 3.52. The molecule has 2 fully saturated rings. The fraction of sp³-hybridized carbons (Fsp3) is 0.471. The van der Waals surface area contributed by atoms with Crippen molar-refractivity contribution in [3.63, 3.8) is 0 Å². The molecule has 1 aromatic carbocycles. The monoisotopic (exact) mass is 360 g/mol. The van der Waals surface area contributed by atoms with Crippen molar-refractivity contribution in [2.24, 2.45) is 17.6 Å². The standard InChI is InChI=1S/C17H20N4O5/c1-10-8-15(22)20(17(10)24)12-2-3-13(14(9-12)21(25)26)19-6-4-11(5-7-19)16(18)23/h2-3,9-11H,4-8H2,1H3,(H2,18,23)/t10-/m1/s1. The highest BCUT2D eigenvalue weighted by Crippen LogP contribution is 2.36. The molecule has 2 aliphatic heterocycles. The summed E-state index contributed by atoms with van der Waals surface area (Å²) in [6.07, 6.45) is 1.18. The number of carbonyl (C=O) groups is 3. The molecule has 0 radical (unpaired) electrons. The van der Waals surface area contributed by atoms with Crippen LogP contribution in [0.2, 0.25) is 0 Å². The highest BCUT2D eigenvalue weighted by molar-refractivity contribution is 6.21. The zero-order chi connectivity index (χ0) is 19.0. The summed E-state index contributed by atoms with van der Waals surface area (Å²) < 4.78 is 0. The Balaban J connectivity index is 1.89. The molecule has 3 amide bonds. The molecule has 3 rings (SSSR count). The summed E-state index contributed by atoms with van der Waals surface area (Å²) >= 11 is 0. The van der Waals surface area contributed by atoms with Crippen LogP contribution < -0.4 is 15.5 Å². The van der Waals surface area contributed by atoms with Crippen LogP contribution in [0.15, 0.2) is 18.2 Å². The number of nitrogens with zero attached hydrogens (tertiary/aromatic N) is 3. The summed E-state index contributed by atoms with van der Waals surface area (Å²) in [5.41, 5.74) is 5.78. The van der Waals surface area contributed by atoms with E-state index in [-0.39, 0.29) is 41.4 Å². The first-order valence-electron chi connectivity index (χ1n) is 8.49. The summed E-state index contributed by atoms with van der Waals surface area (Å²) in [5, 5.41) is 11.5. The van der Waals surface area contributed by atoms with E-state index in [1.165, 1.54) is 6.07 Å². The number of nitrogens with two attached hydrogens (primary N) is 1. The van der Waals surface area contributed by atoms with Gasteiger partial charge in [0.25, 0.3) is 5.69 Å². The van der Waals surface area contributed by atoms with Crippen molar-refractivity contribution in [2.45, 2.75) is 26.2 Å². The number of imide groups is 1. The molecule has 0 aromatic heterocycles. The van der Waals surface area contributed by atoms with Crippen molar-refractivity contribution in [3.8, 4) is 0 Å². The highest BCUT2D eigenvalue weighted by Gasteiger charge is 2.38. The molecule has 2 aliphatic rings. The maximum atomic E-state index is 12.2. The van der Waals surface area contributed by atoms with E-state index >= 15 is 0 Å². The molecule has 0 spiro atoms. The minimum atomic E-state index is -0.520. The molecule has 0 unspecified atom stereocenters. The predicted molar refractivity (Wildman–Crippen MR) is 93.5 cm³/mol. The number of benzene rings is 1. The molecule has 0 saturated carbocycles. The summed E-state index contributed by atoms with van der Waals surface area (Å²) in [6.45, 7) is 2.62. The third kappa shape index (κ3) is 3.12. The second kappa shape index (κ2) is 6.74. The second-order valence-electron chi connectivity index (χ2n) is 6.77. The van der Waals surface area contributed by atoms with Crippen molar-refractivity contribution in [1.29, 1.82) is 0 Å². The highest BCUT2D eigenvalue weighted by atomic mass is 16.6. The lowest BCUT2D eigenvalue weighted by atomic mass is 9.96. The fourth-order valence-electron chi connectivity index (χ4n) is 3.52. The van der Waals surface area contributed by atoms with E-state index in [9.17, 15) is 24.5 Å². The SMILES string of the molecule is C[C@@H]1CC(=O)N(c2ccc(N3CCC(C(N)=O)CC3)c([N+](=O)[O-])c2)C1=O. The molecule has 2 saturated heterocycles. The van der Waals surface area contributed by atoms with E-state index in [1.54, 1.807) is 19.1 Å². The van der Waals surface area contributed by atoms with E-state index in [1.807, 2.05) is 4.90 Å². The van der Waals surface area contributed by atoms with Crippen molar-refractivity contribution in [1.82, 2.24) is 0 Å². The minimum absolute atomic E-state index is 0.106. The summed E-state index contributed by atoms with van der Waals surface area (Å²) in [4.78, 5) is 49.4. The van der Waals surface area contributed by atoms with Crippen molar-refractivity contribution in [3.05, 3.63) is 28.3 Å². The van der Waals surface area contributed by atoms with Crippen LogP contribution in [0.5, 0.6) is 0 Å². The van der Waals surface area contributed by atoms with Gasteiger partial charge in [0.05, 0.1) is 10.6 Å². The average molecular weight is 360 g/mol. The third-order valence-electron chi connectivity index (χ3n) is 5.02. The van der Waals surface area contributed by atoms with Crippen LogP contribution >= 0.6 is 0 Å². The quantitative estimate of drug-likeness (QED) is 0.488. The molecular weight excluding hydrogens is 340 g/mol. The molecule has 0 bridgehead atoms. The Morgan fingerprint density at radius 1 is 1.27 bits per heavy atom. The van der Waals surface area contributed by atoms with Crippen molar-refractivity contribution >= 4 is 34.8 Å². The van der Waals surface area contributed by atoms with Crippen LogP contribution in [-0.4, -0.2) is 35.7 Å². The van der Waals surface area contributed by atoms with Crippen LogP contribution in [0.3, 0.4) is 0 Å². The number of anilines is 2. The summed E-state index contributed by atoms with van der Waals surface area (Å²) in [6, 6.07) is 4.38. The van der Waals surface area contributed by atoms with Crippen LogP contribution in [0.4, 0.5) is 17.1 Å². The van der Waals surface area contributed by atoms with Gasteiger partial charge >= 0.3 is 0 Å². The van der Waals surface area contributed by atoms with Crippen LogP contribution in [0, 0.1) is 22.0 Å². The molecule has 9 heteroatoms. The van der Waals surface area contributed by atoms with Crippen molar-refractivity contribution < 1.29 is 19.3 Å². The lowest BCUT2D eigenvalue weighted by Crippen LogP contribution is -2.38. The van der Waals surface area contributed by atoms with Gasteiger partial charge in [0, 0.05) is 37.4 Å². The number of rotatable bonds is 4. The van der Waals surface area contributed by atoms with Gasteiger partial charge in [-0.2, -0.15) is 0 Å². The molecule has 26 heavy (non-hydrogen) atoms. The second-order valence-corrected chi connectivity index (χ2v) is 6.77. The molecule has 9 nitrogen and oxygen atoms in total. The maximum absolute atomic E-state index is 12.2. The Morgan fingerprint density at radius 2 is 1.92 bits per heavy atom. The zero-order valence-electron chi connectivity index (χ0n) is 14.4. The number of piperidine rings is 1. The van der Waals surface area contributed by atoms with E-state index in [4.69, 9.17) is 5.73 Å². The number of nitro benzene ring substituents is 1. The number of primary amides is 1. The molecular formula is C17H20N4O5. The summed E-state index contributed by atoms with van der Waals surface area (Å²) in [5.74, 6) is -1.69. The first kappa shape index (κ1) is 17.8. The van der Waals surface area contributed by atoms with Crippen LogP contribution in [0.25, 0.3) is 0 Å². The number of carbonyl (C=O) groups excluding carboxylic acids is 3. The van der Waals surface area contributed by atoms with Gasteiger partial charge in [-0.05, 0) is 25.0 Å². The van der Waals surface area contributed by atoms with E-state index in [0.717, 1.165) is 4.90 Å². The van der Waals surface area contributed by atoms with Gasteiger partial charge in [-0.15, -0.1) is 0 Å². The van der Waals surface area contributed by atoms with E-state index in [0.29, 0.717) is 31.6 Å². The normalized spacial score (nSPS) is 21.3. The van der Waals surface area contributed by atoms with E-state index in [2.05, 4.69) is 0 Å². The number of hydrogen-bond acceptors (Lipinski definition) is 6. The Kier molecular flexibility index (Phi) is 4.62. The Labute approximate surface area is 149 Å². The lowest BCUT2D eigenvalue weighted by molar-refractivity contribution is -0.384. The van der Waals surface area contributed by atoms with Gasteiger partial charge in [-0.25, -0.2) is 0 Å². The topological polar surface area (TPSA) is 127 Å². The average Bonchev–Trinajstić information content (AvgIpc) is 2.86. The van der Waals surface area contributed by atoms with Gasteiger partial charge < -0.3 is 10.6 Å². The number of hydrogen-bond donors (Lipinski definition) is 1. The number of amides is 3. The Morgan fingerprint density at radius 3 is 2.42 bits per heavy atom. The van der Waals surface area contributed by atoms with Gasteiger partial charge in [-0.1, -0.05) is 6.92 Å². The Hall–Kier alpha value is -2.97. The number of nitro groups is 1. The lowest BCUT2D eigenvalue weighted by Gasteiger charge is -2.32. The molecule has 1 atom stereocenters. The molecule has 2 heterocycles. The first-order chi connectivity index (χ1) is 12.3. The van der Waals surface area contributed by atoms with Gasteiger partial charge in [-0.3, -0.25) is 29.4 Å². The predicted octanol–water partition coefficient (Wildman–Crippen LogP) is 1.20. The maximum Gasteiger partial charge on any atom is 0.294 e. The first-order valence-corrected chi connectivity index (χ1v) is 8.49. The van der Waals surface area contributed by atoms with E-state index < -0.39 is 10.8 Å². The van der Waals surface area contributed by atoms with Crippen LogP contribution in [-0.2, 0) is 14.4 Å².